The van der Waals surface area contributed by atoms with Crippen LogP contribution in [0.1, 0.15) is 12.0 Å². The zero-order valence-electron chi connectivity index (χ0n) is 13.9. The Labute approximate surface area is 147 Å². The van der Waals surface area contributed by atoms with Crippen molar-refractivity contribution in [3.63, 3.8) is 0 Å². The Morgan fingerprint density at radius 1 is 1.46 bits per heavy atom. The number of aliphatic hydroxyl groups is 2. The number of hydrogen-bond donors (Lipinski definition) is 3. The van der Waals surface area contributed by atoms with Crippen molar-refractivity contribution in [1.29, 1.82) is 0 Å². The van der Waals surface area contributed by atoms with Gasteiger partial charge in [-0.3, -0.25) is 19.3 Å². The van der Waals surface area contributed by atoms with Crippen LogP contribution in [0.5, 0.6) is 0 Å². The molecule has 3 atom stereocenters. The van der Waals surface area contributed by atoms with Crippen molar-refractivity contribution >= 4 is 0 Å². The fraction of sp³-hybridized carbons (Fsp3) is 0.400. The highest BCUT2D eigenvalue weighted by molar-refractivity contribution is 5.04. The lowest BCUT2D eigenvalue weighted by Crippen LogP contribution is -2.43. The average Bonchev–Trinajstić information content (AvgIpc) is 2.97. The van der Waals surface area contributed by atoms with E-state index in [4.69, 9.17) is 15.4 Å². The van der Waals surface area contributed by atoms with E-state index in [9.17, 15) is 14.7 Å². The van der Waals surface area contributed by atoms with Crippen LogP contribution >= 0.6 is 0 Å². The summed E-state index contributed by atoms with van der Waals surface area (Å²) >= 11 is 0. The summed E-state index contributed by atoms with van der Waals surface area (Å²) in [7, 11) is 0. The third-order valence-electron chi connectivity index (χ3n) is 3.69. The van der Waals surface area contributed by atoms with Gasteiger partial charge in [-0.15, -0.1) is 0 Å². The Bertz CT molecular complexity index is 865. The molecule has 3 rings (SSSR count). The highest BCUT2D eigenvalue weighted by atomic mass is 16.6. The van der Waals surface area contributed by atoms with Gasteiger partial charge in [-0.25, -0.2) is 4.79 Å². The number of aryl methyl sites for hydroxylation is 1. The van der Waals surface area contributed by atoms with Gasteiger partial charge in [-0.05, 0) is 29.7 Å². The molecule has 1 saturated heterocycles. The summed E-state index contributed by atoms with van der Waals surface area (Å²) in [5.74, 6) is -1.81. The number of aliphatic hydroxyl groups excluding tert-OH is 2. The predicted molar refractivity (Wildman–Crippen MR) is 90.0 cm³/mol. The van der Waals surface area contributed by atoms with Crippen LogP contribution in [0.15, 0.2) is 51.5 Å². The molecule has 0 bridgehead atoms. The number of aromatic amines is 1. The van der Waals surface area contributed by atoms with Crippen molar-refractivity contribution in [3.8, 4) is 0 Å². The van der Waals surface area contributed by atoms with Crippen molar-refractivity contribution in [3.05, 3.63) is 73.6 Å². The number of aromatic nitrogens is 3. The molecule has 0 unspecified atom stereocenters. The second kappa shape index (κ2) is 8.41. The van der Waals surface area contributed by atoms with Crippen LogP contribution in [0.3, 0.4) is 0 Å². The van der Waals surface area contributed by atoms with E-state index in [1.165, 1.54) is 13.1 Å². The van der Waals surface area contributed by atoms with Gasteiger partial charge in [0.25, 0.3) is 5.56 Å². The fourth-order valence-electron chi connectivity index (χ4n) is 2.41. The van der Waals surface area contributed by atoms with Crippen molar-refractivity contribution in [2.75, 3.05) is 6.61 Å². The molecule has 0 radical (unpaired) electrons. The highest BCUT2D eigenvalue weighted by Crippen LogP contribution is 2.35. The Morgan fingerprint density at radius 2 is 2.15 bits per heavy atom. The summed E-state index contributed by atoms with van der Waals surface area (Å²) in [6, 6.07) is 5.72. The number of nitrogens with zero attached hydrogens (tertiary/aromatic N) is 5. The van der Waals surface area contributed by atoms with Gasteiger partial charge in [0.05, 0.1) is 12.7 Å². The molecule has 0 aromatic carbocycles. The first-order chi connectivity index (χ1) is 12.4. The minimum absolute atomic E-state index is 0.211. The van der Waals surface area contributed by atoms with Gasteiger partial charge in [0.2, 0.25) is 5.85 Å². The zero-order chi connectivity index (χ0) is 19.2. The predicted octanol–water partition coefficient (Wildman–Crippen LogP) is -0.0107. The van der Waals surface area contributed by atoms with E-state index in [0.29, 0.717) is 0 Å². The van der Waals surface area contributed by atoms with Crippen molar-refractivity contribution < 1.29 is 14.9 Å². The maximum atomic E-state index is 11.9. The Hall–Kier alpha value is -2.98. The normalized spacial score (nSPS) is 24.3. The minimum atomic E-state index is -1.81. The van der Waals surface area contributed by atoms with Crippen molar-refractivity contribution in [2.45, 2.75) is 31.4 Å². The van der Waals surface area contributed by atoms with E-state index < -0.39 is 35.9 Å². The lowest BCUT2D eigenvalue weighted by molar-refractivity contribution is -0.115. The van der Waals surface area contributed by atoms with E-state index in [0.717, 1.165) is 4.57 Å². The van der Waals surface area contributed by atoms with Crippen LogP contribution in [0, 0.1) is 6.92 Å². The van der Waals surface area contributed by atoms with E-state index >= 15 is 0 Å². The number of pyridine rings is 1. The van der Waals surface area contributed by atoms with Crippen LogP contribution < -0.4 is 11.2 Å². The highest BCUT2D eigenvalue weighted by Gasteiger charge is 2.47. The van der Waals surface area contributed by atoms with E-state index in [1.807, 2.05) is 18.2 Å². The monoisotopic (exact) mass is 362 g/mol. The largest absolute Gasteiger partial charge is 0.394 e. The molecule has 0 aliphatic carbocycles. The third-order valence-corrected chi connectivity index (χ3v) is 3.69. The first-order valence-corrected chi connectivity index (χ1v) is 7.64. The van der Waals surface area contributed by atoms with Crippen LogP contribution in [0.25, 0.3) is 10.4 Å². The van der Waals surface area contributed by atoms with Gasteiger partial charge < -0.3 is 14.9 Å². The Morgan fingerprint density at radius 3 is 2.62 bits per heavy atom. The maximum absolute atomic E-state index is 11.9. The molecular weight excluding hydrogens is 344 g/mol. The van der Waals surface area contributed by atoms with E-state index in [1.54, 1.807) is 12.4 Å². The summed E-state index contributed by atoms with van der Waals surface area (Å²) in [4.78, 5) is 31.7. The molecule has 11 heteroatoms. The van der Waals surface area contributed by atoms with Gasteiger partial charge in [0, 0.05) is 35.5 Å². The molecule has 138 valence electrons. The molecule has 3 heterocycles. The van der Waals surface area contributed by atoms with Gasteiger partial charge in [0.1, 0.15) is 6.10 Å². The maximum Gasteiger partial charge on any atom is 0.330 e. The van der Waals surface area contributed by atoms with Crippen molar-refractivity contribution in [2.24, 2.45) is 5.11 Å². The molecule has 2 aromatic heterocycles. The SMILES string of the molecule is Cc1cn([C@@]2(N=[N+]=[N-])C[C@H](O)[C@@H](CO)O2)c(=O)[nH]c1=O.c1ccncc1. The second-order valence-corrected chi connectivity index (χ2v) is 5.51. The molecule has 1 aliphatic rings. The van der Waals surface area contributed by atoms with E-state index in [-0.39, 0.29) is 12.0 Å². The molecule has 0 saturated carbocycles. The van der Waals surface area contributed by atoms with E-state index in [2.05, 4.69) is 20.0 Å². The minimum Gasteiger partial charge on any atom is -0.394 e. The second-order valence-electron chi connectivity index (χ2n) is 5.51. The molecule has 2 aromatic rings. The topological polar surface area (TPSA) is 166 Å². The first-order valence-electron chi connectivity index (χ1n) is 7.64. The molecule has 3 N–H and O–H groups in total. The summed E-state index contributed by atoms with van der Waals surface area (Å²) < 4.78 is 6.24. The molecule has 0 amide bonds. The number of rotatable bonds is 3. The molecule has 1 fully saturated rings. The standard InChI is InChI=1S/C10H13N5O5.C5H5N/c1-5-3-15(9(19)12-8(5)18)10(13-14-11)2-6(17)7(4-16)20-10;1-2-4-6-5-3-1/h3,6-7,16-17H,2,4H2,1H3,(H,12,18,19);1-5H/t6-,7+,10-;/m0./s1. The lowest BCUT2D eigenvalue weighted by atomic mass is 10.1. The summed E-state index contributed by atoms with van der Waals surface area (Å²) in [5, 5.41) is 22.3. The summed E-state index contributed by atoms with van der Waals surface area (Å²) in [6.45, 7) is 0.967. The first kappa shape index (κ1) is 19.3. The van der Waals surface area contributed by atoms with Gasteiger partial charge >= 0.3 is 5.69 Å². The molecular formula is C15H18N6O5. The number of H-pyrrole nitrogens is 1. The summed E-state index contributed by atoms with van der Waals surface area (Å²) in [5.41, 5.74) is 7.47. The number of hydrogen-bond acceptors (Lipinski definition) is 7. The summed E-state index contributed by atoms with van der Waals surface area (Å²) in [6.07, 6.45) is 2.37. The third kappa shape index (κ3) is 4.16. The lowest BCUT2D eigenvalue weighted by Gasteiger charge is -2.25. The Balaban J connectivity index is 0.000000342. The number of nitrogens with one attached hydrogen (secondary N) is 1. The van der Waals surface area contributed by atoms with Crippen LogP contribution in [0.4, 0.5) is 0 Å². The molecule has 26 heavy (non-hydrogen) atoms. The van der Waals surface area contributed by atoms with Gasteiger partial charge in [-0.2, -0.15) is 0 Å². The average molecular weight is 362 g/mol. The van der Waals surface area contributed by atoms with Crippen LogP contribution in [-0.4, -0.2) is 43.6 Å². The molecule has 1 aliphatic heterocycles. The van der Waals surface area contributed by atoms with Crippen LogP contribution in [-0.2, 0) is 10.6 Å². The van der Waals surface area contributed by atoms with Crippen LogP contribution in [0.2, 0.25) is 0 Å². The fourth-order valence-corrected chi connectivity index (χ4v) is 2.41. The molecule has 0 spiro atoms. The number of azide groups is 1. The quantitative estimate of drug-likeness (QED) is 0.394. The Kier molecular flexibility index (Phi) is 6.26. The number of ether oxygens (including phenoxy) is 1. The zero-order valence-corrected chi connectivity index (χ0v) is 13.9. The van der Waals surface area contributed by atoms with Gasteiger partial charge in [-0.1, -0.05) is 6.07 Å². The van der Waals surface area contributed by atoms with Crippen molar-refractivity contribution in [1.82, 2.24) is 14.5 Å². The smallest absolute Gasteiger partial charge is 0.330 e. The van der Waals surface area contributed by atoms with Gasteiger partial charge in [0.15, 0.2) is 0 Å². The molecule has 11 nitrogen and oxygen atoms in total.